The van der Waals surface area contributed by atoms with Gasteiger partial charge in [0.25, 0.3) is 0 Å². The average Bonchev–Trinajstić information content (AvgIpc) is 3.04. The van der Waals surface area contributed by atoms with Crippen molar-refractivity contribution in [3.63, 3.8) is 0 Å². The third kappa shape index (κ3) is 3.99. The molecule has 0 spiro atoms. The maximum absolute atomic E-state index is 13.8. The van der Waals surface area contributed by atoms with Crippen molar-refractivity contribution in [3.05, 3.63) is 29.3 Å². The Morgan fingerprint density at radius 2 is 1.95 bits per heavy atom. The topological polar surface area (TPSA) is 58.2 Å². The fraction of sp³-hybridized carbons (Fsp3) is 0.571. The third-order valence-corrected chi connectivity index (χ3v) is 4.96. The van der Waals surface area contributed by atoms with E-state index in [-0.39, 0.29) is 24.5 Å². The predicted molar refractivity (Wildman–Crippen MR) is 76.2 cm³/mol. The van der Waals surface area contributed by atoms with Crippen LogP contribution < -0.4 is 10.0 Å². The second-order valence-corrected chi connectivity index (χ2v) is 7.55. The first kappa shape index (κ1) is 16.3. The highest BCUT2D eigenvalue weighted by molar-refractivity contribution is 7.89. The van der Waals surface area contributed by atoms with Crippen LogP contribution >= 0.6 is 0 Å². The first-order chi connectivity index (χ1) is 9.70. The number of sulfonamides is 1. The fourth-order valence-electron chi connectivity index (χ4n) is 1.99. The van der Waals surface area contributed by atoms with Crippen molar-refractivity contribution in [1.82, 2.24) is 10.0 Å². The summed E-state index contributed by atoms with van der Waals surface area (Å²) in [5.41, 5.74) is 0.395. The van der Waals surface area contributed by atoms with Crippen molar-refractivity contribution in [2.45, 2.75) is 50.7 Å². The maximum Gasteiger partial charge on any atom is 0.243 e. The molecule has 1 aliphatic carbocycles. The second kappa shape index (κ2) is 5.98. The SMILES string of the molecule is CC(C)NCc1cc(F)c(F)c(S(=O)(=O)NC2CC2C)c1. The van der Waals surface area contributed by atoms with Crippen LogP contribution in [-0.2, 0) is 16.6 Å². The van der Waals surface area contributed by atoms with Gasteiger partial charge in [0, 0.05) is 18.6 Å². The molecule has 1 saturated carbocycles. The first-order valence-corrected chi connectivity index (χ1v) is 8.42. The highest BCUT2D eigenvalue weighted by atomic mass is 32.2. The van der Waals surface area contributed by atoms with E-state index >= 15 is 0 Å². The largest absolute Gasteiger partial charge is 0.310 e. The van der Waals surface area contributed by atoms with E-state index in [4.69, 9.17) is 0 Å². The summed E-state index contributed by atoms with van der Waals surface area (Å²) < 4.78 is 54.2. The minimum Gasteiger partial charge on any atom is -0.310 e. The second-order valence-electron chi connectivity index (χ2n) is 5.87. The lowest BCUT2D eigenvalue weighted by Crippen LogP contribution is -2.28. The van der Waals surface area contributed by atoms with Crippen molar-refractivity contribution in [2.24, 2.45) is 5.92 Å². The number of rotatable bonds is 6. The van der Waals surface area contributed by atoms with Crippen molar-refractivity contribution in [3.8, 4) is 0 Å². The molecule has 2 atom stereocenters. The lowest BCUT2D eigenvalue weighted by molar-refractivity contribution is 0.479. The van der Waals surface area contributed by atoms with Gasteiger partial charge in [0.15, 0.2) is 11.6 Å². The van der Waals surface area contributed by atoms with Gasteiger partial charge >= 0.3 is 0 Å². The molecule has 0 saturated heterocycles. The van der Waals surface area contributed by atoms with Crippen molar-refractivity contribution < 1.29 is 17.2 Å². The van der Waals surface area contributed by atoms with E-state index < -0.39 is 26.6 Å². The van der Waals surface area contributed by atoms with Crippen LogP contribution in [0.4, 0.5) is 8.78 Å². The molecule has 7 heteroatoms. The number of hydrogen-bond acceptors (Lipinski definition) is 3. The predicted octanol–water partition coefficient (Wildman–Crippen LogP) is 2.15. The number of halogens is 2. The summed E-state index contributed by atoms with van der Waals surface area (Å²) >= 11 is 0. The fourth-order valence-corrected chi connectivity index (χ4v) is 3.48. The van der Waals surface area contributed by atoms with E-state index in [1.165, 1.54) is 6.07 Å². The minimum absolute atomic E-state index is 0.156. The van der Waals surface area contributed by atoms with E-state index in [0.29, 0.717) is 5.56 Å². The molecule has 0 aliphatic heterocycles. The smallest absolute Gasteiger partial charge is 0.243 e. The van der Waals surface area contributed by atoms with Crippen LogP contribution in [0.2, 0.25) is 0 Å². The van der Waals surface area contributed by atoms with Crippen molar-refractivity contribution in [2.75, 3.05) is 0 Å². The monoisotopic (exact) mass is 318 g/mol. The van der Waals surface area contributed by atoms with Crippen LogP contribution in [0.1, 0.15) is 32.8 Å². The Kier molecular flexibility index (Phi) is 4.65. The highest BCUT2D eigenvalue weighted by Gasteiger charge is 2.37. The summed E-state index contributed by atoms with van der Waals surface area (Å²) in [7, 11) is -4.04. The molecule has 1 aliphatic rings. The van der Waals surface area contributed by atoms with Gasteiger partial charge in [-0.05, 0) is 30.0 Å². The number of benzene rings is 1. The maximum atomic E-state index is 13.8. The van der Waals surface area contributed by atoms with Gasteiger partial charge in [0.05, 0.1) is 0 Å². The summed E-state index contributed by atoms with van der Waals surface area (Å²) in [6.45, 7) is 5.99. The molecule has 0 bridgehead atoms. The summed E-state index contributed by atoms with van der Waals surface area (Å²) in [6.07, 6.45) is 0.720. The molecule has 2 rings (SSSR count). The van der Waals surface area contributed by atoms with Crippen molar-refractivity contribution in [1.29, 1.82) is 0 Å². The van der Waals surface area contributed by atoms with Crippen LogP contribution in [0.25, 0.3) is 0 Å². The Bertz CT molecular complexity index is 632. The van der Waals surface area contributed by atoms with E-state index in [9.17, 15) is 17.2 Å². The molecule has 4 nitrogen and oxygen atoms in total. The molecule has 0 amide bonds. The van der Waals surface area contributed by atoms with Crippen LogP contribution in [-0.4, -0.2) is 20.5 Å². The zero-order valence-corrected chi connectivity index (χ0v) is 13.1. The molecule has 118 valence electrons. The van der Waals surface area contributed by atoms with Crippen LogP contribution in [0.5, 0.6) is 0 Å². The summed E-state index contributed by atoms with van der Waals surface area (Å²) in [5, 5.41) is 3.04. The third-order valence-electron chi connectivity index (χ3n) is 3.47. The standard InChI is InChI=1S/C14H20F2N2O2S/c1-8(2)17-7-10-5-11(15)14(16)13(6-10)21(19,20)18-12-4-9(12)3/h5-6,8-9,12,17-18H,4,7H2,1-3H3. The molecular weight excluding hydrogens is 298 g/mol. The molecule has 1 aromatic rings. The van der Waals surface area contributed by atoms with Gasteiger partial charge in [-0.25, -0.2) is 21.9 Å². The van der Waals surface area contributed by atoms with E-state index in [1.807, 2.05) is 20.8 Å². The Labute approximate surface area is 124 Å². The average molecular weight is 318 g/mol. The molecular formula is C14H20F2N2O2S. The first-order valence-electron chi connectivity index (χ1n) is 6.94. The van der Waals surface area contributed by atoms with Crippen LogP contribution in [0, 0.1) is 17.6 Å². The number of hydrogen-bond donors (Lipinski definition) is 2. The molecule has 21 heavy (non-hydrogen) atoms. The molecule has 0 aromatic heterocycles. The quantitative estimate of drug-likeness (QED) is 0.845. The molecule has 1 aromatic carbocycles. The lowest BCUT2D eigenvalue weighted by atomic mass is 10.2. The Morgan fingerprint density at radius 1 is 1.33 bits per heavy atom. The molecule has 0 heterocycles. The Hall–Kier alpha value is -1.05. The van der Waals surface area contributed by atoms with Crippen LogP contribution in [0.15, 0.2) is 17.0 Å². The van der Waals surface area contributed by atoms with Gasteiger partial charge in [0.1, 0.15) is 4.90 Å². The van der Waals surface area contributed by atoms with Gasteiger partial charge in [0.2, 0.25) is 10.0 Å². The van der Waals surface area contributed by atoms with E-state index in [1.54, 1.807) is 0 Å². The lowest BCUT2D eigenvalue weighted by Gasteiger charge is -2.12. The van der Waals surface area contributed by atoms with Crippen molar-refractivity contribution >= 4 is 10.0 Å². The van der Waals surface area contributed by atoms with Gasteiger partial charge in [-0.1, -0.05) is 20.8 Å². The molecule has 2 N–H and O–H groups in total. The Balaban J connectivity index is 2.28. The summed E-state index contributed by atoms with van der Waals surface area (Å²) in [4.78, 5) is -0.623. The number of nitrogens with one attached hydrogen (secondary N) is 2. The summed E-state index contributed by atoms with van der Waals surface area (Å²) in [6, 6.07) is 2.17. The summed E-state index contributed by atoms with van der Waals surface area (Å²) in [5.74, 6) is -2.25. The van der Waals surface area contributed by atoms with E-state index in [0.717, 1.165) is 12.5 Å². The highest BCUT2D eigenvalue weighted by Crippen LogP contribution is 2.31. The van der Waals surface area contributed by atoms with Gasteiger partial charge in [-0.15, -0.1) is 0 Å². The van der Waals surface area contributed by atoms with Gasteiger partial charge in [-0.3, -0.25) is 0 Å². The van der Waals surface area contributed by atoms with Gasteiger partial charge < -0.3 is 5.32 Å². The van der Waals surface area contributed by atoms with E-state index in [2.05, 4.69) is 10.0 Å². The zero-order chi connectivity index (χ0) is 15.8. The van der Waals surface area contributed by atoms with Crippen LogP contribution in [0.3, 0.4) is 0 Å². The molecule has 1 fully saturated rings. The molecule has 2 unspecified atom stereocenters. The molecule has 0 radical (unpaired) electrons. The normalized spacial score (nSPS) is 21.8. The van der Waals surface area contributed by atoms with Gasteiger partial charge in [-0.2, -0.15) is 0 Å². The zero-order valence-electron chi connectivity index (χ0n) is 12.3. The minimum atomic E-state index is -4.04. The Morgan fingerprint density at radius 3 is 2.48 bits per heavy atom.